The van der Waals surface area contributed by atoms with Crippen molar-refractivity contribution in [2.24, 2.45) is 13.0 Å². The van der Waals surface area contributed by atoms with E-state index in [9.17, 15) is 13.2 Å². The van der Waals surface area contributed by atoms with Crippen molar-refractivity contribution in [2.45, 2.75) is 63.6 Å². The van der Waals surface area contributed by atoms with Gasteiger partial charge in [0.25, 0.3) is 0 Å². The molecular formula is C22H25F3N6O. The van der Waals surface area contributed by atoms with Crippen molar-refractivity contribution in [1.29, 1.82) is 0 Å². The molecule has 170 valence electrons. The average molecular weight is 446 g/mol. The number of ether oxygens (including phenoxy) is 1. The van der Waals surface area contributed by atoms with Crippen LogP contribution in [-0.4, -0.2) is 42.5 Å². The normalized spacial score (nSPS) is 26.3. The van der Waals surface area contributed by atoms with Crippen molar-refractivity contribution in [1.82, 2.24) is 29.7 Å². The standard InChI is InChI=1S/C22H25F3N6O/c1-11-12(2)28-21-19(27-11)18(14-6-16(7-14)22(23,24)25)29-20(30-21)13-4-5-32-17(8-13)15-9-26-31(3)10-15/h9-10,13-14,16-17H,4-8H2,1-3H3/t13-,14?,16?,17+/m1/s1. The number of fused-ring (bicyclic) bond motifs is 1. The van der Waals surface area contributed by atoms with Gasteiger partial charge in [0.15, 0.2) is 5.65 Å². The summed E-state index contributed by atoms with van der Waals surface area (Å²) in [4.78, 5) is 18.7. The third kappa shape index (κ3) is 3.85. The number of halogens is 3. The first kappa shape index (κ1) is 21.2. The van der Waals surface area contributed by atoms with Gasteiger partial charge in [-0.2, -0.15) is 18.3 Å². The number of aromatic nitrogens is 6. The molecule has 3 aromatic heterocycles. The Kier molecular flexibility index (Phi) is 5.15. The zero-order valence-electron chi connectivity index (χ0n) is 18.2. The molecule has 5 rings (SSSR count). The van der Waals surface area contributed by atoms with Crippen LogP contribution in [0.5, 0.6) is 0 Å². The van der Waals surface area contributed by atoms with Gasteiger partial charge in [-0.3, -0.25) is 4.68 Å². The minimum absolute atomic E-state index is 0.0269. The van der Waals surface area contributed by atoms with Crippen LogP contribution in [0, 0.1) is 19.8 Å². The van der Waals surface area contributed by atoms with E-state index in [4.69, 9.17) is 14.7 Å². The molecule has 0 spiro atoms. The highest BCUT2D eigenvalue weighted by Gasteiger charge is 2.49. The summed E-state index contributed by atoms with van der Waals surface area (Å²) >= 11 is 0. The van der Waals surface area contributed by atoms with E-state index in [1.165, 1.54) is 0 Å². The summed E-state index contributed by atoms with van der Waals surface area (Å²) in [6.45, 7) is 4.26. The molecule has 0 bridgehead atoms. The summed E-state index contributed by atoms with van der Waals surface area (Å²) in [5.74, 6) is -0.911. The van der Waals surface area contributed by atoms with Gasteiger partial charge in [-0.15, -0.1) is 0 Å². The molecular weight excluding hydrogens is 421 g/mol. The lowest BCUT2D eigenvalue weighted by atomic mass is 9.72. The van der Waals surface area contributed by atoms with E-state index in [1.807, 2.05) is 27.1 Å². The van der Waals surface area contributed by atoms with Crippen LogP contribution in [-0.2, 0) is 11.8 Å². The summed E-state index contributed by atoms with van der Waals surface area (Å²) < 4.78 is 47.0. The molecule has 7 nitrogen and oxygen atoms in total. The lowest BCUT2D eigenvalue weighted by Crippen LogP contribution is -2.35. The van der Waals surface area contributed by atoms with Crippen molar-refractivity contribution in [3.8, 4) is 0 Å². The van der Waals surface area contributed by atoms with E-state index in [0.29, 0.717) is 35.7 Å². The molecule has 0 aromatic carbocycles. The van der Waals surface area contributed by atoms with Gasteiger partial charge in [0.2, 0.25) is 0 Å². The molecule has 1 saturated heterocycles. The second-order valence-corrected chi connectivity index (χ2v) is 8.97. The number of aryl methyl sites for hydroxylation is 3. The maximum absolute atomic E-state index is 13.1. The van der Waals surface area contributed by atoms with Gasteiger partial charge in [-0.05, 0) is 39.5 Å². The topological polar surface area (TPSA) is 78.6 Å². The SMILES string of the molecule is Cc1nc2nc([C@@H]3CCO[C@H](c4cnn(C)c4)C3)nc(C3CC(C(F)(F)F)C3)c2nc1C. The molecule has 2 fully saturated rings. The first-order valence-electron chi connectivity index (χ1n) is 10.9. The molecule has 0 N–H and O–H groups in total. The molecule has 0 amide bonds. The molecule has 0 unspecified atom stereocenters. The first-order valence-corrected chi connectivity index (χ1v) is 10.9. The van der Waals surface area contributed by atoms with E-state index in [0.717, 1.165) is 23.4 Å². The van der Waals surface area contributed by atoms with Crippen molar-refractivity contribution in [2.75, 3.05) is 6.61 Å². The third-order valence-corrected chi connectivity index (χ3v) is 6.72. The van der Waals surface area contributed by atoms with Crippen LogP contribution in [0.3, 0.4) is 0 Å². The Balaban J connectivity index is 1.50. The van der Waals surface area contributed by atoms with Crippen molar-refractivity contribution in [3.63, 3.8) is 0 Å². The van der Waals surface area contributed by atoms with E-state index < -0.39 is 12.1 Å². The first-order chi connectivity index (χ1) is 15.2. The molecule has 3 aromatic rings. The lowest BCUT2D eigenvalue weighted by Gasteiger charge is -2.36. The summed E-state index contributed by atoms with van der Waals surface area (Å²) in [5, 5.41) is 4.23. The van der Waals surface area contributed by atoms with Gasteiger partial charge in [0, 0.05) is 37.3 Å². The summed E-state index contributed by atoms with van der Waals surface area (Å²) in [6.07, 6.45) is 0.949. The van der Waals surface area contributed by atoms with Crippen LogP contribution in [0.2, 0.25) is 0 Å². The van der Waals surface area contributed by atoms with E-state index in [2.05, 4.69) is 15.1 Å². The Morgan fingerprint density at radius 2 is 1.75 bits per heavy atom. The lowest BCUT2D eigenvalue weighted by molar-refractivity contribution is -0.197. The molecule has 1 saturated carbocycles. The minimum atomic E-state index is -4.17. The monoisotopic (exact) mass is 446 g/mol. The predicted molar refractivity (Wildman–Crippen MR) is 110 cm³/mol. The van der Waals surface area contributed by atoms with E-state index in [1.54, 1.807) is 10.9 Å². The fraction of sp³-hybridized carbons (Fsp3) is 0.591. The molecule has 2 atom stereocenters. The fourth-order valence-corrected chi connectivity index (χ4v) is 4.60. The predicted octanol–water partition coefficient (Wildman–Crippen LogP) is 4.46. The quantitative estimate of drug-likeness (QED) is 0.591. The Morgan fingerprint density at radius 3 is 2.44 bits per heavy atom. The Hall–Kier alpha value is -2.62. The highest BCUT2D eigenvalue weighted by atomic mass is 19.4. The summed E-state index contributed by atoms with van der Waals surface area (Å²) in [7, 11) is 1.86. The zero-order chi connectivity index (χ0) is 22.6. The fourth-order valence-electron chi connectivity index (χ4n) is 4.60. The van der Waals surface area contributed by atoms with Crippen molar-refractivity contribution in [3.05, 3.63) is 40.9 Å². The van der Waals surface area contributed by atoms with Gasteiger partial charge in [-0.25, -0.2) is 19.9 Å². The molecule has 4 heterocycles. The molecule has 2 aliphatic rings. The van der Waals surface area contributed by atoms with E-state index in [-0.39, 0.29) is 30.8 Å². The van der Waals surface area contributed by atoms with Crippen LogP contribution >= 0.6 is 0 Å². The number of alkyl halides is 3. The van der Waals surface area contributed by atoms with Crippen LogP contribution in [0.25, 0.3) is 11.2 Å². The summed E-state index contributed by atoms with van der Waals surface area (Å²) in [5.41, 5.74) is 4.09. The summed E-state index contributed by atoms with van der Waals surface area (Å²) in [6, 6.07) is 0. The minimum Gasteiger partial charge on any atom is -0.373 e. The maximum Gasteiger partial charge on any atom is 0.391 e. The zero-order valence-corrected chi connectivity index (χ0v) is 18.2. The maximum atomic E-state index is 13.1. The molecule has 1 aliphatic carbocycles. The molecule has 32 heavy (non-hydrogen) atoms. The third-order valence-electron chi connectivity index (χ3n) is 6.72. The van der Waals surface area contributed by atoms with Gasteiger partial charge >= 0.3 is 6.18 Å². The van der Waals surface area contributed by atoms with Gasteiger partial charge < -0.3 is 4.74 Å². The average Bonchev–Trinajstić information content (AvgIpc) is 3.13. The van der Waals surface area contributed by atoms with Gasteiger partial charge in [0.05, 0.1) is 35.3 Å². The van der Waals surface area contributed by atoms with Crippen molar-refractivity contribution < 1.29 is 17.9 Å². The number of nitrogens with zero attached hydrogens (tertiary/aromatic N) is 6. The van der Waals surface area contributed by atoms with Crippen LogP contribution in [0.4, 0.5) is 13.2 Å². The molecule has 1 aliphatic heterocycles. The van der Waals surface area contributed by atoms with Gasteiger partial charge in [0.1, 0.15) is 11.3 Å². The molecule has 0 radical (unpaired) electrons. The Bertz CT molecular complexity index is 1150. The second-order valence-electron chi connectivity index (χ2n) is 8.97. The number of hydrogen-bond acceptors (Lipinski definition) is 6. The highest BCUT2D eigenvalue weighted by Crippen LogP contribution is 2.50. The van der Waals surface area contributed by atoms with E-state index >= 15 is 0 Å². The van der Waals surface area contributed by atoms with Gasteiger partial charge in [-0.1, -0.05) is 0 Å². The molecule has 10 heteroatoms. The highest BCUT2D eigenvalue weighted by molar-refractivity contribution is 5.73. The largest absolute Gasteiger partial charge is 0.391 e. The second kappa shape index (κ2) is 7.75. The number of hydrogen-bond donors (Lipinski definition) is 0. The Morgan fingerprint density at radius 1 is 1.00 bits per heavy atom. The number of rotatable bonds is 3. The smallest absolute Gasteiger partial charge is 0.373 e. The van der Waals surface area contributed by atoms with Crippen LogP contribution < -0.4 is 0 Å². The van der Waals surface area contributed by atoms with Crippen LogP contribution in [0.1, 0.15) is 72.1 Å². The van der Waals surface area contributed by atoms with Crippen molar-refractivity contribution >= 4 is 11.2 Å². The van der Waals surface area contributed by atoms with Crippen LogP contribution in [0.15, 0.2) is 12.4 Å². The Labute approximate surface area is 183 Å².